The van der Waals surface area contributed by atoms with E-state index in [1.54, 1.807) is 11.2 Å². The molecular formula is C14H26N4O2S. The second kappa shape index (κ2) is 6.89. The van der Waals surface area contributed by atoms with Crippen LogP contribution in [0.4, 0.5) is 0 Å². The Bertz CT molecular complexity index is 555. The van der Waals surface area contributed by atoms with Gasteiger partial charge in [-0.2, -0.15) is 9.40 Å². The normalized spacial score (nSPS) is 22.3. The van der Waals surface area contributed by atoms with Gasteiger partial charge in [0.15, 0.2) is 0 Å². The first kappa shape index (κ1) is 16.5. The maximum absolute atomic E-state index is 12.9. The Labute approximate surface area is 127 Å². The Morgan fingerprint density at radius 3 is 2.90 bits per heavy atom. The average Bonchev–Trinajstić information content (AvgIpc) is 2.91. The molecule has 1 fully saturated rings. The molecule has 0 aromatic carbocycles. The highest BCUT2D eigenvalue weighted by molar-refractivity contribution is 7.89. The van der Waals surface area contributed by atoms with Gasteiger partial charge in [0.1, 0.15) is 4.90 Å². The number of aryl methyl sites for hydroxylation is 1. The van der Waals surface area contributed by atoms with Crippen molar-refractivity contribution in [3.8, 4) is 0 Å². The van der Waals surface area contributed by atoms with E-state index in [2.05, 4.69) is 29.4 Å². The van der Waals surface area contributed by atoms with Crippen LogP contribution in [0.3, 0.4) is 0 Å². The maximum atomic E-state index is 12.9. The number of sulfonamides is 1. The Morgan fingerprint density at radius 2 is 2.29 bits per heavy atom. The van der Waals surface area contributed by atoms with E-state index < -0.39 is 10.0 Å². The summed E-state index contributed by atoms with van der Waals surface area (Å²) < 4.78 is 27.5. The number of aromatic nitrogens is 2. The van der Waals surface area contributed by atoms with Crippen molar-refractivity contribution in [2.75, 3.05) is 13.1 Å². The van der Waals surface area contributed by atoms with Gasteiger partial charge in [-0.05, 0) is 39.7 Å². The van der Waals surface area contributed by atoms with E-state index in [1.807, 2.05) is 0 Å². The minimum atomic E-state index is -3.47. The summed E-state index contributed by atoms with van der Waals surface area (Å²) in [6.07, 6.45) is 5.38. The van der Waals surface area contributed by atoms with Gasteiger partial charge in [0.05, 0.1) is 11.9 Å². The van der Waals surface area contributed by atoms with Crippen LogP contribution in [-0.4, -0.2) is 48.1 Å². The van der Waals surface area contributed by atoms with E-state index in [-0.39, 0.29) is 12.1 Å². The van der Waals surface area contributed by atoms with Crippen molar-refractivity contribution in [3.05, 3.63) is 11.9 Å². The second-order valence-corrected chi connectivity index (χ2v) is 7.64. The van der Waals surface area contributed by atoms with Crippen molar-refractivity contribution in [3.63, 3.8) is 0 Å². The Hall–Kier alpha value is -0.920. The number of H-pyrrole nitrogens is 1. The van der Waals surface area contributed by atoms with Crippen molar-refractivity contribution in [2.45, 2.75) is 63.4 Å². The van der Waals surface area contributed by atoms with Crippen LogP contribution in [0.5, 0.6) is 0 Å². The van der Waals surface area contributed by atoms with Gasteiger partial charge in [0.25, 0.3) is 0 Å². The summed E-state index contributed by atoms with van der Waals surface area (Å²) in [5, 5.41) is 10.0. The standard InChI is InChI=1S/C14H26N4O2S/c1-4-8-15-11(2)13-7-5-6-9-18(13)21(19,20)14-10-16-17-12(14)3/h10-11,13,15H,4-9H2,1-3H3,(H,16,17). The first-order valence-electron chi connectivity index (χ1n) is 7.73. The summed E-state index contributed by atoms with van der Waals surface area (Å²) in [5.74, 6) is 0. The molecule has 2 rings (SSSR count). The van der Waals surface area contributed by atoms with Crippen LogP contribution in [0.1, 0.15) is 45.2 Å². The molecule has 120 valence electrons. The predicted molar refractivity (Wildman–Crippen MR) is 82.6 cm³/mol. The molecule has 0 aliphatic carbocycles. The molecule has 2 unspecified atom stereocenters. The lowest BCUT2D eigenvalue weighted by atomic mass is 9.99. The third-order valence-corrected chi connectivity index (χ3v) is 6.20. The van der Waals surface area contributed by atoms with Crippen molar-refractivity contribution in [1.82, 2.24) is 19.8 Å². The van der Waals surface area contributed by atoms with Crippen molar-refractivity contribution < 1.29 is 8.42 Å². The molecule has 1 aliphatic heterocycles. The highest BCUT2D eigenvalue weighted by atomic mass is 32.2. The zero-order valence-corrected chi connectivity index (χ0v) is 13.9. The van der Waals surface area contributed by atoms with Crippen LogP contribution in [0, 0.1) is 6.92 Å². The smallest absolute Gasteiger partial charge is 0.246 e. The summed E-state index contributed by atoms with van der Waals surface area (Å²) in [5.41, 5.74) is 0.605. The monoisotopic (exact) mass is 314 g/mol. The fraction of sp³-hybridized carbons (Fsp3) is 0.786. The van der Waals surface area contributed by atoms with Crippen molar-refractivity contribution >= 4 is 10.0 Å². The van der Waals surface area contributed by atoms with Crippen LogP contribution in [-0.2, 0) is 10.0 Å². The largest absolute Gasteiger partial charge is 0.313 e. The van der Waals surface area contributed by atoms with E-state index >= 15 is 0 Å². The van der Waals surface area contributed by atoms with Gasteiger partial charge in [-0.15, -0.1) is 0 Å². The molecule has 2 heterocycles. The highest BCUT2D eigenvalue weighted by Gasteiger charge is 2.37. The lowest BCUT2D eigenvalue weighted by Crippen LogP contribution is -2.53. The molecule has 0 amide bonds. The quantitative estimate of drug-likeness (QED) is 0.837. The van der Waals surface area contributed by atoms with Gasteiger partial charge in [-0.1, -0.05) is 13.3 Å². The van der Waals surface area contributed by atoms with Gasteiger partial charge >= 0.3 is 0 Å². The topological polar surface area (TPSA) is 78.1 Å². The lowest BCUT2D eigenvalue weighted by molar-refractivity contribution is 0.208. The number of aromatic amines is 1. The Balaban J connectivity index is 2.24. The van der Waals surface area contributed by atoms with Crippen LogP contribution in [0.25, 0.3) is 0 Å². The van der Waals surface area contributed by atoms with Gasteiger partial charge < -0.3 is 5.32 Å². The van der Waals surface area contributed by atoms with E-state index in [0.717, 1.165) is 32.2 Å². The summed E-state index contributed by atoms with van der Waals surface area (Å²) >= 11 is 0. The fourth-order valence-corrected chi connectivity index (χ4v) is 4.85. The first-order valence-corrected chi connectivity index (χ1v) is 9.17. The molecule has 7 heteroatoms. The van der Waals surface area contributed by atoms with Crippen LogP contribution in [0.2, 0.25) is 0 Å². The fourth-order valence-electron chi connectivity index (χ4n) is 2.96. The predicted octanol–water partition coefficient (Wildman–Crippen LogP) is 1.65. The summed E-state index contributed by atoms with van der Waals surface area (Å²) in [6.45, 7) is 7.45. The lowest BCUT2D eigenvalue weighted by Gasteiger charge is -2.38. The molecule has 1 aliphatic rings. The maximum Gasteiger partial charge on any atom is 0.246 e. The Morgan fingerprint density at radius 1 is 1.52 bits per heavy atom. The van der Waals surface area contributed by atoms with Gasteiger partial charge in [0.2, 0.25) is 10.0 Å². The first-order chi connectivity index (χ1) is 9.98. The van der Waals surface area contributed by atoms with E-state index in [9.17, 15) is 8.42 Å². The minimum Gasteiger partial charge on any atom is -0.313 e. The number of rotatable bonds is 6. The number of piperidine rings is 1. The van der Waals surface area contributed by atoms with E-state index in [1.165, 1.54) is 6.20 Å². The molecule has 6 nitrogen and oxygen atoms in total. The average molecular weight is 314 g/mol. The molecule has 2 atom stereocenters. The van der Waals surface area contributed by atoms with Crippen molar-refractivity contribution in [1.29, 1.82) is 0 Å². The van der Waals surface area contributed by atoms with Crippen LogP contribution in [0.15, 0.2) is 11.1 Å². The molecule has 0 bridgehead atoms. The number of hydrogen-bond donors (Lipinski definition) is 2. The summed E-state index contributed by atoms with van der Waals surface area (Å²) in [6, 6.07) is 0.178. The molecule has 1 aromatic rings. The third-order valence-electron chi connectivity index (χ3n) is 4.16. The zero-order valence-electron chi connectivity index (χ0n) is 13.1. The van der Waals surface area contributed by atoms with Gasteiger partial charge in [-0.3, -0.25) is 5.10 Å². The molecule has 0 radical (unpaired) electrons. The SMILES string of the molecule is CCCNC(C)C1CCCCN1S(=O)(=O)c1cn[nH]c1C. The number of nitrogens with zero attached hydrogens (tertiary/aromatic N) is 2. The van der Waals surface area contributed by atoms with Crippen LogP contribution >= 0.6 is 0 Å². The minimum absolute atomic E-state index is 0.0181. The van der Waals surface area contributed by atoms with Crippen molar-refractivity contribution in [2.24, 2.45) is 0 Å². The number of nitrogens with one attached hydrogen (secondary N) is 2. The molecule has 21 heavy (non-hydrogen) atoms. The van der Waals surface area contributed by atoms with Gasteiger partial charge in [0, 0.05) is 18.6 Å². The summed E-state index contributed by atoms with van der Waals surface area (Å²) in [4.78, 5) is 0.303. The molecule has 1 aromatic heterocycles. The van der Waals surface area contributed by atoms with Crippen LogP contribution < -0.4 is 5.32 Å². The number of hydrogen-bond acceptors (Lipinski definition) is 4. The zero-order chi connectivity index (χ0) is 15.5. The van der Waals surface area contributed by atoms with E-state index in [4.69, 9.17) is 0 Å². The highest BCUT2D eigenvalue weighted by Crippen LogP contribution is 2.27. The molecule has 1 saturated heterocycles. The van der Waals surface area contributed by atoms with E-state index in [0.29, 0.717) is 17.1 Å². The van der Waals surface area contributed by atoms with Gasteiger partial charge in [-0.25, -0.2) is 8.42 Å². The molecule has 0 saturated carbocycles. The molecule has 2 N–H and O–H groups in total. The Kier molecular flexibility index (Phi) is 5.40. The summed E-state index contributed by atoms with van der Waals surface area (Å²) in [7, 11) is -3.47. The molecule has 0 spiro atoms. The molecular weight excluding hydrogens is 288 g/mol. The second-order valence-electron chi connectivity index (χ2n) is 5.78. The third kappa shape index (κ3) is 3.46.